The van der Waals surface area contributed by atoms with Crippen LogP contribution < -0.4 is 0 Å². The van der Waals surface area contributed by atoms with Gasteiger partial charge in [-0.2, -0.15) is 4.98 Å². The van der Waals surface area contributed by atoms with Gasteiger partial charge in [-0.05, 0) is 30.4 Å². The molecule has 1 atom stereocenters. The summed E-state index contributed by atoms with van der Waals surface area (Å²) in [6, 6.07) is 8.56. The van der Waals surface area contributed by atoms with E-state index in [1.807, 2.05) is 0 Å². The van der Waals surface area contributed by atoms with Gasteiger partial charge in [0.15, 0.2) is 5.82 Å². The average molecular weight is 307 g/mol. The summed E-state index contributed by atoms with van der Waals surface area (Å²) < 4.78 is 5.32. The van der Waals surface area contributed by atoms with Crippen molar-refractivity contribution < 1.29 is 4.52 Å². The summed E-state index contributed by atoms with van der Waals surface area (Å²) in [7, 11) is 0. The van der Waals surface area contributed by atoms with Gasteiger partial charge in [0.25, 0.3) is 0 Å². The Balaban J connectivity index is 1.80. The molecule has 1 aliphatic rings. The summed E-state index contributed by atoms with van der Waals surface area (Å²) in [4.78, 5) is 4.69. The molecule has 18 heavy (non-hydrogen) atoms. The molecule has 0 N–H and O–H groups in total. The first-order valence-corrected chi connectivity index (χ1v) is 7.24. The van der Waals surface area contributed by atoms with Crippen molar-refractivity contribution >= 4 is 15.9 Å². The fourth-order valence-corrected chi connectivity index (χ4v) is 2.64. The van der Waals surface area contributed by atoms with E-state index < -0.39 is 0 Å². The van der Waals surface area contributed by atoms with Crippen LogP contribution in [0.25, 0.3) is 0 Å². The van der Waals surface area contributed by atoms with Crippen LogP contribution in [0.4, 0.5) is 0 Å². The molecule has 0 radical (unpaired) electrons. The SMILES string of the molecule is CCC(Br)c1nc(C2Cc3ccccc3C2)no1. The summed E-state index contributed by atoms with van der Waals surface area (Å²) in [5.74, 6) is 1.92. The number of benzene rings is 1. The molecule has 1 aromatic carbocycles. The Morgan fingerprint density at radius 1 is 1.33 bits per heavy atom. The lowest BCUT2D eigenvalue weighted by atomic mass is 10.1. The molecule has 1 heterocycles. The summed E-state index contributed by atoms with van der Waals surface area (Å²) in [6.07, 6.45) is 3.00. The molecule has 1 aliphatic carbocycles. The van der Waals surface area contributed by atoms with Crippen LogP contribution >= 0.6 is 15.9 Å². The van der Waals surface area contributed by atoms with Gasteiger partial charge in [-0.25, -0.2) is 0 Å². The zero-order chi connectivity index (χ0) is 12.5. The number of nitrogens with zero attached hydrogens (tertiary/aromatic N) is 2. The van der Waals surface area contributed by atoms with Crippen LogP contribution in [-0.2, 0) is 12.8 Å². The van der Waals surface area contributed by atoms with Crippen LogP contribution in [0.2, 0.25) is 0 Å². The van der Waals surface area contributed by atoms with Crippen molar-refractivity contribution in [2.45, 2.75) is 36.9 Å². The molecule has 94 valence electrons. The number of hydrogen-bond donors (Lipinski definition) is 0. The molecule has 0 fully saturated rings. The molecule has 2 aromatic rings. The fraction of sp³-hybridized carbons (Fsp3) is 0.429. The summed E-state index contributed by atoms with van der Waals surface area (Å²) in [6.45, 7) is 2.09. The lowest BCUT2D eigenvalue weighted by Gasteiger charge is -2.01. The van der Waals surface area contributed by atoms with Gasteiger partial charge < -0.3 is 4.52 Å². The predicted molar refractivity (Wildman–Crippen MR) is 72.8 cm³/mol. The van der Waals surface area contributed by atoms with Gasteiger partial charge in [0.05, 0.1) is 4.83 Å². The third-order valence-electron chi connectivity index (χ3n) is 3.50. The number of fused-ring (bicyclic) bond motifs is 1. The average Bonchev–Trinajstić information content (AvgIpc) is 3.03. The molecule has 0 spiro atoms. The first kappa shape index (κ1) is 11.9. The maximum Gasteiger partial charge on any atom is 0.240 e. The molecule has 0 aliphatic heterocycles. The smallest absolute Gasteiger partial charge is 0.240 e. The molecule has 3 rings (SSSR count). The van der Waals surface area contributed by atoms with Crippen LogP contribution in [0, 0.1) is 0 Å². The summed E-state index contributed by atoms with van der Waals surface area (Å²) >= 11 is 3.54. The normalized spacial score (nSPS) is 16.8. The first-order chi connectivity index (χ1) is 8.78. The molecule has 0 bridgehead atoms. The van der Waals surface area contributed by atoms with Crippen molar-refractivity contribution in [3.8, 4) is 0 Å². The van der Waals surface area contributed by atoms with Crippen LogP contribution in [0.3, 0.4) is 0 Å². The van der Waals surface area contributed by atoms with E-state index in [9.17, 15) is 0 Å². The van der Waals surface area contributed by atoms with Crippen molar-refractivity contribution in [1.82, 2.24) is 10.1 Å². The van der Waals surface area contributed by atoms with Crippen LogP contribution in [-0.4, -0.2) is 10.1 Å². The molecule has 1 aromatic heterocycles. The Kier molecular flexibility index (Phi) is 3.20. The maximum absolute atomic E-state index is 5.32. The minimum absolute atomic E-state index is 0.169. The van der Waals surface area contributed by atoms with Gasteiger partial charge in [-0.3, -0.25) is 0 Å². The largest absolute Gasteiger partial charge is 0.338 e. The van der Waals surface area contributed by atoms with Gasteiger partial charge in [0.1, 0.15) is 0 Å². The fourth-order valence-electron chi connectivity index (χ4n) is 2.46. The highest BCUT2D eigenvalue weighted by Crippen LogP contribution is 2.33. The highest BCUT2D eigenvalue weighted by atomic mass is 79.9. The standard InChI is InChI=1S/C14H15BrN2O/c1-2-12(15)14-16-13(17-18-14)11-7-9-5-3-4-6-10(9)8-11/h3-6,11-12H,2,7-8H2,1H3. The highest BCUT2D eigenvalue weighted by Gasteiger charge is 2.27. The third-order valence-corrected chi connectivity index (χ3v) is 4.54. The minimum Gasteiger partial charge on any atom is -0.338 e. The molecular formula is C14H15BrN2O. The molecule has 0 amide bonds. The van der Waals surface area contributed by atoms with E-state index in [1.54, 1.807) is 0 Å². The predicted octanol–water partition coefficient (Wildman–Crippen LogP) is 3.80. The molecule has 0 saturated carbocycles. The zero-order valence-corrected chi connectivity index (χ0v) is 11.9. The summed E-state index contributed by atoms with van der Waals surface area (Å²) in [5.41, 5.74) is 2.83. The van der Waals surface area contributed by atoms with Crippen molar-refractivity contribution in [2.24, 2.45) is 0 Å². The Morgan fingerprint density at radius 3 is 2.61 bits per heavy atom. The van der Waals surface area contributed by atoms with E-state index in [1.165, 1.54) is 11.1 Å². The third kappa shape index (κ3) is 2.09. The second-order valence-electron chi connectivity index (χ2n) is 4.74. The lowest BCUT2D eigenvalue weighted by molar-refractivity contribution is 0.368. The lowest BCUT2D eigenvalue weighted by Crippen LogP contribution is -2.00. The van der Waals surface area contributed by atoms with Crippen molar-refractivity contribution in [1.29, 1.82) is 0 Å². The van der Waals surface area contributed by atoms with Gasteiger partial charge in [0, 0.05) is 5.92 Å². The molecule has 1 unspecified atom stereocenters. The minimum atomic E-state index is 0.169. The Labute approximate surface area is 115 Å². The second-order valence-corrected chi connectivity index (χ2v) is 5.85. The Bertz CT molecular complexity index is 527. The van der Waals surface area contributed by atoms with Gasteiger partial charge >= 0.3 is 0 Å². The van der Waals surface area contributed by atoms with E-state index in [-0.39, 0.29) is 4.83 Å². The number of halogens is 1. The highest BCUT2D eigenvalue weighted by molar-refractivity contribution is 9.09. The monoisotopic (exact) mass is 306 g/mol. The van der Waals surface area contributed by atoms with E-state index in [2.05, 4.69) is 57.3 Å². The number of aromatic nitrogens is 2. The number of alkyl halides is 1. The van der Waals surface area contributed by atoms with Gasteiger partial charge in [-0.1, -0.05) is 52.3 Å². The maximum atomic E-state index is 5.32. The zero-order valence-electron chi connectivity index (χ0n) is 10.3. The van der Waals surface area contributed by atoms with Crippen LogP contribution in [0.1, 0.15) is 46.9 Å². The molecule has 0 saturated heterocycles. The van der Waals surface area contributed by atoms with Crippen LogP contribution in [0.5, 0.6) is 0 Å². The van der Waals surface area contributed by atoms with Crippen LogP contribution in [0.15, 0.2) is 28.8 Å². The number of hydrogen-bond acceptors (Lipinski definition) is 3. The van der Waals surface area contributed by atoms with E-state index in [0.717, 1.165) is 25.1 Å². The van der Waals surface area contributed by atoms with E-state index in [0.29, 0.717) is 11.8 Å². The topological polar surface area (TPSA) is 38.9 Å². The first-order valence-electron chi connectivity index (χ1n) is 6.32. The second kappa shape index (κ2) is 4.84. The van der Waals surface area contributed by atoms with Crippen molar-refractivity contribution in [3.05, 3.63) is 47.1 Å². The summed E-state index contributed by atoms with van der Waals surface area (Å²) in [5, 5.41) is 4.13. The Hall–Kier alpha value is -1.16. The Morgan fingerprint density at radius 2 is 2.00 bits per heavy atom. The quantitative estimate of drug-likeness (QED) is 0.810. The van der Waals surface area contributed by atoms with Crippen molar-refractivity contribution in [3.63, 3.8) is 0 Å². The van der Waals surface area contributed by atoms with Gasteiger partial charge in [0.2, 0.25) is 5.89 Å². The van der Waals surface area contributed by atoms with Gasteiger partial charge in [-0.15, -0.1) is 0 Å². The van der Waals surface area contributed by atoms with Crippen molar-refractivity contribution in [2.75, 3.05) is 0 Å². The van der Waals surface area contributed by atoms with E-state index >= 15 is 0 Å². The molecular weight excluding hydrogens is 292 g/mol. The molecule has 4 heteroatoms. The van der Waals surface area contributed by atoms with E-state index in [4.69, 9.17) is 4.52 Å². The number of rotatable bonds is 3. The molecule has 3 nitrogen and oxygen atoms in total.